The van der Waals surface area contributed by atoms with Gasteiger partial charge in [-0.1, -0.05) is 6.07 Å². The van der Waals surface area contributed by atoms with E-state index in [0.29, 0.717) is 11.4 Å². The van der Waals surface area contributed by atoms with Crippen molar-refractivity contribution in [1.29, 1.82) is 0 Å². The molecule has 1 heterocycles. The first-order valence-electron chi connectivity index (χ1n) is 9.89. The average Bonchev–Trinajstić information content (AvgIpc) is 3.60. The molecule has 164 valence electrons. The predicted octanol–water partition coefficient (Wildman–Crippen LogP) is 2.71. The lowest BCUT2D eigenvalue weighted by Gasteiger charge is -2.26. The largest absolute Gasteiger partial charge is 0.379 e. The van der Waals surface area contributed by atoms with Crippen molar-refractivity contribution in [1.82, 2.24) is 4.31 Å². The van der Waals surface area contributed by atoms with Crippen LogP contribution in [0.2, 0.25) is 0 Å². The molecule has 2 aromatic carbocycles. The summed E-state index contributed by atoms with van der Waals surface area (Å²) in [6.07, 6.45) is 1.77. The van der Waals surface area contributed by atoms with E-state index >= 15 is 0 Å². The third kappa shape index (κ3) is 4.84. The fraction of sp³-hybridized carbons (Fsp3) is 0.350. The highest BCUT2D eigenvalue weighted by atomic mass is 32.2. The molecule has 1 saturated heterocycles. The molecule has 4 rings (SSSR count). The Balaban J connectivity index is 1.57. The first kappa shape index (κ1) is 21.2. The van der Waals surface area contributed by atoms with Gasteiger partial charge in [0.2, 0.25) is 15.9 Å². The molecule has 0 atom stereocenters. The molecule has 1 amide bonds. The molecule has 2 aliphatic rings. The Morgan fingerprint density at radius 2 is 1.81 bits per heavy atom. The molecule has 0 aromatic heterocycles. The minimum absolute atomic E-state index is 0.0409. The molecular formula is C20H22N4O6S. The Morgan fingerprint density at radius 1 is 1.10 bits per heavy atom. The topological polar surface area (TPSA) is 131 Å². The zero-order valence-corrected chi connectivity index (χ0v) is 17.4. The molecule has 11 heteroatoms. The number of anilines is 3. The smallest absolute Gasteiger partial charge is 0.294 e. The van der Waals surface area contributed by atoms with E-state index in [1.165, 1.54) is 16.4 Å². The molecule has 1 aliphatic carbocycles. The highest BCUT2D eigenvalue weighted by molar-refractivity contribution is 7.89. The van der Waals surface area contributed by atoms with Crippen molar-refractivity contribution in [2.45, 2.75) is 17.7 Å². The van der Waals surface area contributed by atoms with Crippen molar-refractivity contribution in [3.8, 4) is 0 Å². The Bertz CT molecular complexity index is 1110. The van der Waals surface area contributed by atoms with Gasteiger partial charge >= 0.3 is 0 Å². The van der Waals surface area contributed by atoms with Gasteiger partial charge in [-0.25, -0.2) is 8.42 Å². The van der Waals surface area contributed by atoms with Crippen LogP contribution in [-0.2, 0) is 19.6 Å². The second kappa shape index (κ2) is 8.61. The summed E-state index contributed by atoms with van der Waals surface area (Å²) in [6.45, 7) is 0.980. The number of amides is 1. The summed E-state index contributed by atoms with van der Waals surface area (Å²) >= 11 is 0. The molecule has 1 saturated carbocycles. The minimum atomic E-state index is -3.86. The number of nitro groups is 1. The van der Waals surface area contributed by atoms with Crippen molar-refractivity contribution in [2.75, 3.05) is 36.9 Å². The van der Waals surface area contributed by atoms with Crippen molar-refractivity contribution < 1.29 is 22.9 Å². The van der Waals surface area contributed by atoms with Crippen LogP contribution < -0.4 is 10.6 Å². The van der Waals surface area contributed by atoms with E-state index in [1.807, 2.05) is 0 Å². The zero-order valence-electron chi connectivity index (χ0n) is 16.6. The molecule has 0 radical (unpaired) electrons. The SMILES string of the molecule is O=C(Nc1cccc(Nc2ccc(S(=O)(=O)N3CCOCC3)cc2[N+](=O)[O-])c1)C1CC1. The Kier molecular flexibility index (Phi) is 5.90. The molecule has 1 aliphatic heterocycles. The van der Waals surface area contributed by atoms with Gasteiger partial charge in [-0.3, -0.25) is 14.9 Å². The van der Waals surface area contributed by atoms with Crippen LogP contribution in [0, 0.1) is 16.0 Å². The summed E-state index contributed by atoms with van der Waals surface area (Å²) < 4.78 is 32.1. The van der Waals surface area contributed by atoms with E-state index in [-0.39, 0.29) is 54.4 Å². The van der Waals surface area contributed by atoms with Gasteiger partial charge in [0.05, 0.1) is 23.0 Å². The van der Waals surface area contributed by atoms with Gasteiger partial charge in [-0.15, -0.1) is 0 Å². The maximum absolute atomic E-state index is 12.8. The number of hydrogen-bond acceptors (Lipinski definition) is 7. The number of morpholine rings is 1. The summed E-state index contributed by atoms with van der Waals surface area (Å²) in [5.74, 6) is 0.0134. The summed E-state index contributed by atoms with van der Waals surface area (Å²) in [6, 6.07) is 10.6. The third-order valence-electron chi connectivity index (χ3n) is 5.13. The Hall–Kier alpha value is -3.02. The molecule has 0 spiro atoms. The number of nitro benzene ring substituents is 1. The van der Waals surface area contributed by atoms with Crippen LogP contribution in [0.5, 0.6) is 0 Å². The van der Waals surface area contributed by atoms with E-state index in [2.05, 4.69) is 10.6 Å². The molecule has 10 nitrogen and oxygen atoms in total. The molecule has 2 N–H and O–H groups in total. The van der Waals surface area contributed by atoms with E-state index in [1.54, 1.807) is 24.3 Å². The standard InChI is InChI=1S/C20H22N4O6S/c25-20(14-4-5-14)22-16-3-1-2-15(12-16)21-18-7-6-17(13-19(18)24(26)27)31(28,29)23-8-10-30-11-9-23/h1-3,6-7,12-14,21H,4-5,8-11H2,(H,22,25). The monoisotopic (exact) mass is 446 g/mol. The van der Waals surface area contributed by atoms with E-state index < -0.39 is 14.9 Å². The predicted molar refractivity (Wildman–Crippen MR) is 114 cm³/mol. The number of nitrogens with one attached hydrogen (secondary N) is 2. The van der Waals surface area contributed by atoms with Gasteiger partial charge < -0.3 is 15.4 Å². The number of carbonyl (C=O) groups is 1. The van der Waals surface area contributed by atoms with Crippen LogP contribution in [0.1, 0.15) is 12.8 Å². The number of sulfonamides is 1. The first-order valence-corrected chi connectivity index (χ1v) is 11.3. The van der Waals surface area contributed by atoms with Crippen LogP contribution in [0.3, 0.4) is 0 Å². The number of benzene rings is 2. The zero-order chi connectivity index (χ0) is 22.0. The van der Waals surface area contributed by atoms with Gasteiger partial charge in [0.15, 0.2) is 0 Å². The number of rotatable bonds is 7. The van der Waals surface area contributed by atoms with Crippen LogP contribution in [0.25, 0.3) is 0 Å². The Labute approximate surface area is 179 Å². The second-order valence-corrected chi connectivity index (χ2v) is 9.36. The van der Waals surface area contributed by atoms with E-state index in [9.17, 15) is 23.3 Å². The number of hydrogen-bond donors (Lipinski definition) is 2. The number of nitrogens with zero attached hydrogens (tertiary/aromatic N) is 2. The minimum Gasteiger partial charge on any atom is -0.379 e. The molecular weight excluding hydrogens is 424 g/mol. The van der Waals surface area contributed by atoms with Gasteiger partial charge in [-0.05, 0) is 43.2 Å². The quantitative estimate of drug-likeness (QED) is 0.494. The highest BCUT2D eigenvalue weighted by Gasteiger charge is 2.30. The van der Waals surface area contributed by atoms with Gasteiger partial charge in [0, 0.05) is 36.4 Å². The van der Waals surface area contributed by atoms with Crippen LogP contribution in [0.15, 0.2) is 47.4 Å². The first-order chi connectivity index (χ1) is 14.8. The lowest BCUT2D eigenvalue weighted by molar-refractivity contribution is -0.384. The molecule has 0 unspecified atom stereocenters. The maximum Gasteiger partial charge on any atom is 0.294 e. The van der Waals surface area contributed by atoms with Crippen LogP contribution in [-0.4, -0.2) is 49.9 Å². The normalized spacial score (nSPS) is 17.2. The lowest BCUT2D eigenvalue weighted by Crippen LogP contribution is -2.40. The molecule has 31 heavy (non-hydrogen) atoms. The highest BCUT2D eigenvalue weighted by Crippen LogP contribution is 2.33. The summed E-state index contributed by atoms with van der Waals surface area (Å²) in [5.41, 5.74) is 0.898. The summed E-state index contributed by atoms with van der Waals surface area (Å²) in [4.78, 5) is 22.8. The van der Waals surface area contributed by atoms with E-state index in [4.69, 9.17) is 4.74 Å². The second-order valence-electron chi connectivity index (χ2n) is 7.42. The van der Waals surface area contributed by atoms with Crippen LogP contribution >= 0.6 is 0 Å². The van der Waals surface area contributed by atoms with Gasteiger partial charge in [0.1, 0.15) is 5.69 Å². The number of ether oxygens (including phenoxy) is 1. The van der Waals surface area contributed by atoms with Crippen molar-refractivity contribution in [3.63, 3.8) is 0 Å². The average molecular weight is 446 g/mol. The van der Waals surface area contributed by atoms with Crippen LogP contribution in [0.4, 0.5) is 22.7 Å². The molecule has 2 fully saturated rings. The van der Waals surface area contributed by atoms with E-state index in [0.717, 1.165) is 18.9 Å². The van der Waals surface area contributed by atoms with Crippen molar-refractivity contribution in [3.05, 3.63) is 52.6 Å². The van der Waals surface area contributed by atoms with Gasteiger partial charge in [-0.2, -0.15) is 4.31 Å². The number of carbonyl (C=O) groups excluding carboxylic acids is 1. The van der Waals surface area contributed by atoms with Gasteiger partial charge in [0.25, 0.3) is 5.69 Å². The van der Waals surface area contributed by atoms with Crippen molar-refractivity contribution in [2.24, 2.45) is 5.92 Å². The third-order valence-corrected chi connectivity index (χ3v) is 7.03. The maximum atomic E-state index is 12.8. The summed E-state index contributed by atoms with van der Waals surface area (Å²) in [5, 5.41) is 17.4. The summed E-state index contributed by atoms with van der Waals surface area (Å²) in [7, 11) is -3.86. The fourth-order valence-electron chi connectivity index (χ4n) is 3.28. The molecule has 2 aromatic rings. The fourth-order valence-corrected chi connectivity index (χ4v) is 4.71. The lowest BCUT2D eigenvalue weighted by atomic mass is 10.2. The molecule has 0 bridgehead atoms. The Morgan fingerprint density at radius 3 is 2.48 bits per heavy atom. The van der Waals surface area contributed by atoms with Crippen molar-refractivity contribution >= 4 is 38.7 Å².